The van der Waals surface area contributed by atoms with E-state index in [4.69, 9.17) is 0 Å². The fraction of sp³-hybridized carbons (Fsp3) is 0.875. The summed E-state index contributed by atoms with van der Waals surface area (Å²) >= 11 is 0. The first-order valence-corrected chi connectivity index (χ1v) is 4.15. The molecule has 2 nitrogen and oxygen atoms in total. The SMILES string of the molecule is CCC1(CNC(=O)C(F)F)CC1. The summed E-state index contributed by atoms with van der Waals surface area (Å²) in [6.07, 6.45) is 0.175. The van der Waals surface area contributed by atoms with Crippen molar-refractivity contribution in [2.45, 2.75) is 32.6 Å². The van der Waals surface area contributed by atoms with Gasteiger partial charge < -0.3 is 5.32 Å². The fourth-order valence-corrected chi connectivity index (χ4v) is 1.18. The topological polar surface area (TPSA) is 29.1 Å². The number of alkyl halides is 2. The van der Waals surface area contributed by atoms with E-state index in [9.17, 15) is 13.6 Å². The summed E-state index contributed by atoms with van der Waals surface area (Å²) < 4.78 is 23.4. The van der Waals surface area contributed by atoms with Gasteiger partial charge in [-0.2, -0.15) is 8.78 Å². The molecule has 0 aromatic heterocycles. The molecule has 0 radical (unpaired) electrons. The van der Waals surface area contributed by atoms with Crippen LogP contribution in [-0.2, 0) is 4.79 Å². The zero-order chi connectivity index (χ0) is 9.19. The molecule has 0 heterocycles. The van der Waals surface area contributed by atoms with Gasteiger partial charge in [-0.3, -0.25) is 4.79 Å². The van der Waals surface area contributed by atoms with Gasteiger partial charge in [0.1, 0.15) is 0 Å². The van der Waals surface area contributed by atoms with Crippen molar-refractivity contribution >= 4 is 5.91 Å². The molecule has 0 aromatic carbocycles. The Hall–Kier alpha value is -0.670. The summed E-state index contributed by atoms with van der Waals surface area (Å²) in [4.78, 5) is 10.5. The lowest BCUT2D eigenvalue weighted by Crippen LogP contribution is -2.34. The Kier molecular flexibility index (Phi) is 2.65. The summed E-state index contributed by atoms with van der Waals surface area (Å²) in [5, 5.41) is 2.25. The van der Waals surface area contributed by atoms with Crippen LogP contribution in [0.2, 0.25) is 0 Å². The second-order valence-electron chi connectivity index (χ2n) is 3.37. The monoisotopic (exact) mass is 177 g/mol. The standard InChI is InChI=1S/C8H13F2NO/c1-2-8(3-4-8)5-11-7(12)6(9)10/h6H,2-5H2,1H3,(H,11,12). The quantitative estimate of drug-likeness (QED) is 0.693. The second kappa shape index (κ2) is 3.37. The molecular weight excluding hydrogens is 164 g/mol. The van der Waals surface area contributed by atoms with Gasteiger partial charge >= 0.3 is 6.43 Å². The molecule has 1 amide bonds. The molecule has 70 valence electrons. The molecule has 12 heavy (non-hydrogen) atoms. The molecule has 1 aliphatic carbocycles. The number of carbonyl (C=O) groups excluding carboxylic acids is 1. The van der Waals surface area contributed by atoms with Gasteiger partial charge in [0, 0.05) is 6.54 Å². The maximum Gasteiger partial charge on any atom is 0.315 e. The van der Waals surface area contributed by atoms with Gasteiger partial charge in [-0.1, -0.05) is 6.92 Å². The lowest BCUT2D eigenvalue weighted by Gasteiger charge is -2.12. The Morgan fingerprint density at radius 2 is 2.17 bits per heavy atom. The highest BCUT2D eigenvalue weighted by molar-refractivity contribution is 5.79. The van der Waals surface area contributed by atoms with E-state index in [2.05, 4.69) is 5.32 Å². The number of hydrogen-bond acceptors (Lipinski definition) is 1. The van der Waals surface area contributed by atoms with Crippen LogP contribution in [0, 0.1) is 5.41 Å². The minimum absolute atomic E-state index is 0.143. The molecule has 4 heteroatoms. The third-order valence-corrected chi connectivity index (χ3v) is 2.54. The van der Waals surface area contributed by atoms with Gasteiger partial charge in [-0.25, -0.2) is 0 Å². The van der Waals surface area contributed by atoms with Crippen molar-refractivity contribution in [2.75, 3.05) is 6.54 Å². The summed E-state index contributed by atoms with van der Waals surface area (Å²) in [5.74, 6) is -1.14. The lowest BCUT2D eigenvalue weighted by atomic mass is 10.0. The van der Waals surface area contributed by atoms with Crippen molar-refractivity contribution < 1.29 is 13.6 Å². The number of hydrogen-bond donors (Lipinski definition) is 1. The highest BCUT2D eigenvalue weighted by atomic mass is 19.3. The van der Waals surface area contributed by atoms with Crippen LogP contribution in [0.5, 0.6) is 0 Å². The zero-order valence-electron chi connectivity index (χ0n) is 7.07. The van der Waals surface area contributed by atoms with Gasteiger partial charge in [0.25, 0.3) is 5.91 Å². The molecule has 0 bridgehead atoms. The van der Waals surface area contributed by atoms with E-state index in [1.165, 1.54) is 0 Å². The average molecular weight is 177 g/mol. The van der Waals surface area contributed by atoms with E-state index in [-0.39, 0.29) is 5.41 Å². The average Bonchev–Trinajstić information content (AvgIpc) is 2.81. The largest absolute Gasteiger partial charge is 0.351 e. The van der Waals surface area contributed by atoms with E-state index in [0.717, 1.165) is 19.3 Å². The number of halogens is 2. The van der Waals surface area contributed by atoms with Crippen LogP contribution < -0.4 is 5.32 Å². The Labute approximate surface area is 70.3 Å². The Morgan fingerprint density at radius 1 is 1.58 bits per heavy atom. The number of nitrogens with one attached hydrogen (secondary N) is 1. The molecule has 0 atom stereocenters. The van der Waals surface area contributed by atoms with Gasteiger partial charge in [0.15, 0.2) is 0 Å². The van der Waals surface area contributed by atoms with Crippen molar-refractivity contribution in [3.8, 4) is 0 Å². The highest BCUT2D eigenvalue weighted by Crippen LogP contribution is 2.47. The molecule has 1 fully saturated rings. The molecule has 0 spiro atoms. The van der Waals surface area contributed by atoms with Crippen LogP contribution in [0.3, 0.4) is 0 Å². The van der Waals surface area contributed by atoms with Crippen molar-refractivity contribution in [2.24, 2.45) is 5.41 Å². The third kappa shape index (κ3) is 2.16. The van der Waals surface area contributed by atoms with Crippen LogP contribution in [-0.4, -0.2) is 18.9 Å². The van der Waals surface area contributed by atoms with E-state index in [0.29, 0.717) is 6.54 Å². The minimum atomic E-state index is -2.88. The van der Waals surface area contributed by atoms with E-state index in [1.54, 1.807) is 0 Å². The van der Waals surface area contributed by atoms with Crippen molar-refractivity contribution in [1.82, 2.24) is 5.32 Å². The number of rotatable bonds is 4. The van der Waals surface area contributed by atoms with Crippen molar-refractivity contribution in [1.29, 1.82) is 0 Å². The normalized spacial score (nSPS) is 19.3. The Balaban J connectivity index is 2.21. The molecule has 0 unspecified atom stereocenters. The minimum Gasteiger partial charge on any atom is -0.351 e. The predicted octanol–water partition coefficient (Wildman–Crippen LogP) is 1.56. The van der Waals surface area contributed by atoms with Crippen LogP contribution in [0.1, 0.15) is 26.2 Å². The predicted molar refractivity (Wildman–Crippen MR) is 41.0 cm³/mol. The maximum atomic E-state index is 11.7. The first-order valence-electron chi connectivity index (χ1n) is 4.15. The zero-order valence-corrected chi connectivity index (χ0v) is 7.07. The number of carbonyl (C=O) groups is 1. The van der Waals surface area contributed by atoms with Gasteiger partial charge in [-0.15, -0.1) is 0 Å². The van der Waals surface area contributed by atoms with Crippen LogP contribution in [0.4, 0.5) is 8.78 Å². The number of amides is 1. The lowest BCUT2D eigenvalue weighted by molar-refractivity contribution is -0.132. The van der Waals surface area contributed by atoms with E-state index >= 15 is 0 Å². The third-order valence-electron chi connectivity index (χ3n) is 2.54. The molecule has 1 N–H and O–H groups in total. The van der Waals surface area contributed by atoms with Crippen LogP contribution >= 0.6 is 0 Å². The first kappa shape index (κ1) is 9.42. The molecular formula is C8H13F2NO. The summed E-state index contributed by atoms with van der Waals surface area (Å²) in [6.45, 7) is 2.42. The molecule has 1 saturated carbocycles. The van der Waals surface area contributed by atoms with E-state index < -0.39 is 12.3 Å². The smallest absolute Gasteiger partial charge is 0.315 e. The highest BCUT2D eigenvalue weighted by Gasteiger charge is 2.40. The molecule has 0 aromatic rings. The van der Waals surface area contributed by atoms with Gasteiger partial charge in [0.05, 0.1) is 0 Å². The Morgan fingerprint density at radius 3 is 2.50 bits per heavy atom. The van der Waals surface area contributed by atoms with Crippen molar-refractivity contribution in [3.63, 3.8) is 0 Å². The van der Waals surface area contributed by atoms with Gasteiger partial charge in [-0.05, 0) is 24.7 Å². The van der Waals surface area contributed by atoms with Crippen LogP contribution in [0.15, 0.2) is 0 Å². The van der Waals surface area contributed by atoms with Crippen molar-refractivity contribution in [3.05, 3.63) is 0 Å². The molecule has 1 aliphatic rings. The maximum absolute atomic E-state index is 11.7. The summed E-state index contributed by atoms with van der Waals surface area (Å²) in [7, 11) is 0. The Bertz CT molecular complexity index is 178. The molecule has 0 aliphatic heterocycles. The van der Waals surface area contributed by atoms with Crippen LogP contribution in [0.25, 0.3) is 0 Å². The van der Waals surface area contributed by atoms with Gasteiger partial charge in [0.2, 0.25) is 0 Å². The molecule has 0 saturated heterocycles. The fourth-order valence-electron chi connectivity index (χ4n) is 1.18. The van der Waals surface area contributed by atoms with E-state index in [1.807, 2.05) is 6.92 Å². The molecule has 1 rings (SSSR count). The summed E-state index contributed by atoms with van der Waals surface area (Å²) in [5.41, 5.74) is 0.143. The second-order valence-corrected chi connectivity index (χ2v) is 3.37. The summed E-state index contributed by atoms with van der Waals surface area (Å²) in [6, 6.07) is 0. The first-order chi connectivity index (χ1) is 5.59.